The van der Waals surface area contributed by atoms with Crippen molar-refractivity contribution in [3.05, 3.63) is 58.1 Å². The second kappa shape index (κ2) is 8.70. The zero-order valence-electron chi connectivity index (χ0n) is 15.0. The number of rotatable bonds is 6. The van der Waals surface area contributed by atoms with Gasteiger partial charge in [0.05, 0.1) is 19.8 Å². The first-order valence-corrected chi connectivity index (χ1v) is 9.60. The van der Waals surface area contributed by atoms with Crippen LogP contribution in [0.3, 0.4) is 0 Å². The van der Waals surface area contributed by atoms with Crippen LogP contribution in [0.15, 0.2) is 46.9 Å². The number of ether oxygens (including phenoxy) is 2. The van der Waals surface area contributed by atoms with Gasteiger partial charge < -0.3 is 19.3 Å². The maximum absolute atomic E-state index is 5.52. The fourth-order valence-electron chi connectivity index (χ4n) is 3.51. The van der Waals surface area contributed by atoms with Gasteiger partial charge in [-0.25, -0.2) is 0 Å². The van der Waals surface area contributed by atoms with Crippen LogP contribution in [0.5, 0.6) is 11.5 Å². The van der Waals surface area contributed by atoms with E-state index in [2.05, 4.69) is 46.3 Å². The Morgan fingerprint density at radius 2 is 1.48 bits per heavy atom. The van der Waals surface area contributed by atoms with Gasteiger partial charge in [0.15, 0.2) is 0 Å². The van der Waals surface area contributed by atoms with Gasteiger partial charge in [-0.1, -0.05) is 34.1 Å². The predicted octanol–water partition coefficient (Wildman–Crippen LogP) is 0.950. The molecule has 0 unspecified atom stereocenters. The Morgan fingerprint density at radius 3 is 2.08 bits per heavy atom. The molecule has 25 heavy (non-hydrogen) atoms. The van der Waals surface area contributed by atoms with Crippen LogP contribution in [-0.2, 0) is 13.1 Å². The van der Waals surface area contributed by atoms with Crippen molar-refractivity contribution in [2.45, 2.75) is 13.1 Å². The highest BCUT2D eigenvalue weighted by molar-refractivity contribution is 9.10. The minimum Gasteiger partial charge on any atom is -0.497 e. The molecule has 0 spiro atoms. The lowest BCUT2D eigenvalue weighted by atomic mass is 10.1. The Bertz CT molecular complexity index is 700. The smallest absolute Gasteiger partial charge is 0.127 e. The number of hydrogen-bond acceptors (Lipinski definition) is 2. The predicted molar refractivity (Wildman–Crippen MR) is 102 cm³/mol. The highest BCUT2D eigenvalue weighted by Crippen LogP contribution is 2.23. The molecule has 0 bridgehead atoms. The molecule has 1 heterocycles. The van der Waals surface area contributed by atoms with E-state index in [4.69, 9.17) is 9.47 Å². The summed E-state index contributed by atoms with van der Waals surface area (Å²) >= 11 is 3.66. The fourth-order valence-corrected chi connectivity index (χ4v) is 3.94. The van der Waals surface area contributed by atoms with Crippen LogP contribution in [-0.4, -0.2) is 40.4 Å². The zero-order chi connectivity index (χ0) is 17.6. The van der Waals surface area contributed by atoms with Crippen LogP contribution in [0, 0.1) is 0 Å². The fraction of sp³-hybridized carbons (Fsp3) is 0.400. The molecule has 2 aromatic rings. The Labute approximate surface area is 158 Å². The molecule has 0 amide bonds. The lowest BCUT2D eigenvalue weighted by molar-refractivity contribution is -1.02. The molecule has 3 rings (SSSR count). The summed E-state index contributed by atoms with van der Waals surface area (Å²) < 4.78 is 12.1. The summed E-state index contributed by atoms with van der Waals surface area (Å²) in [5, 5.41) is 0. The van der Waals surface area contributed by atoms with Gasteiger partial charge >= 0.3 is 0 Å². The minimum atomic E-state index is 0.897. The molecule has 4 nitrogen and oxygen atoms in total. The van der Waals surface area contributed by atoms with Gasteiger partial charge in [0.1, 0.15) is 50.8 Å². The molecule has 1 saturated heterocycles. The van der Waals surface area contributed by atoms with Crippen LogP contribution in [0.25, 0.3) is 0 Å². The molecule has 1 aliphatic heterocycles. The van der Waals surface area contributed by atoms with E-state index in [1.54, 1.807) is 24.0 Å². The van der Waals surface area contributed by atoms with E-state index in [1.165, 1.54) is 41.8 Å². The quantitative estimate of drug-likeness (QED) is 0.747. The van der Waals surface area contributed by atoms with Crippen LogP contribution in [0.1, 0.15) is 11.1 Å². The second-order valence-electron chi connectivity index (χ2n) is 6.62. The van der Waals surface area contributed by atoms with E-state index < -0.39 is 0 Å². The maximum atomic E-state index is 5.52. The van der Waals surface area contributed by atoms with Gasteiger partial charge in [-0.2, -0.15) is 0 Å². The molecule has 1 fully saturated rings. The molecule has 0 aliphatic carbocycles. The molecule has 5 heteroatoms. The monoisotopic (exact) mass is 406 g/mol. The molecule has 0 saturated carbocycles. The summed E-state index contributed by atoms with van der Waals surface area (Å²) in [6, 6.07) is 14.6. The van der Waals surface area contributed by atoms with Crippen molar-refractivity contribution in [3.63, 3.8) is 0 Å². The normalized spacial score (nSPS) is 20.3. The number of methoxy groups -OCH3 is 2. The summed E-state index contributed by atoms with van der Waals surface area (Å²) in [5.41, 5.74) is 2.63. The second-order valence-corrected chi connectivity index (χ2v) is 7.48. The van der Waals surface area contributed by atoms with E-state index in [9.17, 15) is 0 Å². The molecule has 0 radical (unpaired) electrons. The van der Waals surface area contributed by atoms with Crippen molar-refractivity contribution in [1.29, 1.82) is 0 Å². The van der Waals surface area contributed by atoms with Crippen molar-refractivity contribution in [2.24, 2.45) is 0 Å². The van der Waals surface area contributed by atoms with Crippen molar-refractivity contribution in [1.82, 2.24) is 0 Å². The first-order valence-electron chi connectivity index (χ1n) is 8.81. The molecule has 2 N–H and O–H groups in total. The lowest BCUT2D eigenvalue weighted by Crippen LogP contribution is -3.27. The Morgan fingerprint density at radius 1 is 0.840 bits per heavy atom. The van der Waals surface area contributed by atoms with E-state index >= 15 is 0 Å². The van der Waals surface area contributed by atoms with Crippen LogP contribution in [0.2, 0.25) is 0 Å². The molecule has 134 valence electrons. The summed E-state index contributed by atoms with van der Waals surface area (Å²) in [6.07, 6.45) is 0. The van der Waals surface area contributed by atoms with E-state index in [0.717, 1.165) is 24.6 Å². The third-order valence-corrected chi connectivity index (χ3v) is 5.76. The summed E-state index contributed by atoms with van der Waals surface area (Å²) in [6.45, 7) is 6.84. The number of nitrogens with one attached hydrogen (secondary N) is 2. The molecule has 1 aliphatic rings. The summed E-state index contributed by atoms with van der Waals surface area (Å²) in [7, 11) is 3.45. The minimum absolute atomic E-state index is 0.897. The topological polar surface area (TPSA) is 27.3 Å². The standard InChI is InChI=1S/C20H25BrN2O2/c1-24-18-7-8-20(25-2)17(13-18)15-23-11-9-22(10-12-23)14-16-5-3-4-6-19(16)21/h3-8,13H,9-12,14-15H2,1-2H3/p+2. The van der Waals surface area contributed by atoms with E-state index in [-0.39, 0.29) is 0 Å². The van der Waals surface area contributed by atoms with Crippen LogP contribution >= 0.6 is 15.9 Å². The van der Waals surface area contributed by atoms with Crippen molar-refractivity contribution in [3.8, 4) is 11.5 Å². The van der Waals surface area contributed by atoms with Crippen LogP contribution < -0.4 is 19.3 Å². The van der Waals surface area contributed by atoms with Gasteiger partial charge in [-0.3, -0.25) is 0 Å². The molecular formula is C20H27BrN2O2+2. The number of piperazine rings is 1. The number of quaternary nitrogens is 2. The average molecular weight is 407 g/mol. The zero-order valence-corrected chi connectivity index (χ0v) is 16.6. The summed E-state index contributed by atoms with van der Waals surface area (Å²) in [5.74, 6) is 1.85. The first kappa shape index (κ1) is 18.2. The Hall–Kier alpha value is -1.56. The highest BCUT2D eigenvalue weighted by atomic mass is 79.9. The van der Waals surface area contributed by atoms with Gasteiger partial charge in [0.25, 0.3) is 0 Å². The number of halogens is 1. The number of hydrogen-bond donors (Lipinski definition) is 2. The number of benzene rings is 2. The maximum Gasteiger partial charge on any atom is 0.127 e. The molecular weight excluding hydrogens is 380 g/mol. The third-order valence-electron chi connectivity index (χ3n) is 4.99. The SMILES string of the molecule is COc1ccc(OC)c(C[NH+]2CC[NH+](Cc3ccccc3Br)CC2)c1. The Kier molecular flexibility index (Phi) is 6.34. The van der Waals surface area contributed by atoms with Gasteiger partial charge in [-0.15, -0.1) is 0 Å². The van der Waals surface area contributed by atoms with Crippen LogP contribution in [0.4, 0.5) is 0 Å². The van der Waals surface area contributed by atoms with Gasteiger partial charge in [-0.05, 0) is 24.3 Å². The lowest BCUT2D eigenvalue weighted by Gasteiger charge is -2.30. The largest absolute Gasteiger partial charge is 0.497 e. The molecule has 2 aromatic carbocycles. The molecule has 0 atom stereocenters. The van der Waals surface area contributed by atoms with Crippen molar-refractivity contribution < 1.29 is 19.3 Å². The van der Waals surface area contributed by atoms with Gasteiger partial charge in [0, 0.05) is 10.0 Å². The van der Waals surface area contributed by atoms with E-state index in [1.807, 2.05) is 12.1 Å². The third kappa shape index (κ3) is 4.75. The summed E-state index contributed by atoms with van der Waals surface area (Å²) in [4.78, 5) is 3.27. The molecule has 0 aromatic heterocycles. The Balaban J connectivity index is 1.57. The van der Waals surface area contributed by atoms with Gasteiger partial charge in [0.2, 0.25) is 0 Å². The van der Waals surface area contributed by atoms with Crippen molar-refractivity contribution in [2.75, 3.05) is 40.4 Å². The highest BCUT2D eigenvalue weighted by Gasteiger charge is 2.24. The average Bonchev–Trinajstić information content (AvgIpc) is 2.65. The first-order chi connectivity index (χ1) is 12.2. The van der Waals surface area contributed by atoms with Crippen molar-refractivity contribution >= 4 is 15.9 Å². The van der Waals surface area contributed by atoms with E-state index in [0.29, 0.717) is 0 Å².